The summed E-state index contributed by atoms with van der Waals surface area (Å²) < 4.78 is 15.9. The van der Waals surface area contributed by atoms with Crippen LogP contribution in [0.25, 0.3) is 0 Å². The number of rotatable bonds is 8. The van der Waals surface area contributed by atoms with Crippen molar-refractivity contribution >= 4 is 20.5 Å². The molecule has 0 atom stereocenters. The Labute approximate surface area is 120 Å². The highest BCUT2D eigenvalue weighted by Gasteiger charge is 2.21. The number of carbonyl (C=O) groups is 1. The molecule has 2 amide bonds. The predicted molar refractivity (Wildman–Crippen MR) is 77.5 cm³/mol. The molecular formula is C12H21N3O4Si-. The van der Waals surface area contributed by atoms with E-state index in [1.807, 2.05) is 0 Å². The molecule has 0 unspecified atom stereocenters. The van der Waals surface area contributed by atoms with E-state index in [4.69, 9.17) is 13.3 Å². The van der Waals surface area contributed by atoms with Gasteiger partial charge in [0.05, 0.1) is 11.9 Å². The molecule has 0 saturated heterocycles. The van der Waals surface area contributed by atoms with Crippen LogP contribution in [0.15, 0.2) is 24.5 Å². The van der Waals surface area contributed by atoms with Gasteiger partial charge in [0, 0.05) is 12.7 Å². The number of carbonyl (C=O) groups excluding carboxylic acids is 1. The lowest BCUT2D eigenvalue weighted by molar-refractivity contribution is 0.123. The van der Waals surface area contributed by atoms with Crippen LogP contribution in [0.3, 0.4) is 0 Å². The van der Waals surface area contributed by atoms with Crippen LogP contribution >= 0.6 is 0 Å². The Kier molecular flexibility index (Phi) is 7.16. The van der Waals surface area contributed by atoms with Crippen LogP contribution in [-0.2, 0) is 13.3 Å². The monoisotopic (exact) mass is 299 g/mol. The van der Waals surface area contributed by atoms with E-state index in [0.29, 0.717) is 24.7 Å². The van der Waals surface area contributed by atoms with E-state index in [-0.39, 0.29) is 6.03 Å². The van der Waals surface area contributed by atoms with Gasteiger partial charge in [-0.25, -0.2) is 4.79 Å². The normalized spacial score (nSPS) is 11.2. The summed E-state index contributed by atoms with van der Waals surface area (Å²) in [6, 6.07) is 3.90. The predicted octanol–water partition coefficient (Wildman–Crippen LogP) is 1.47. The van der Waals surface area contributed by atoms with Gasteiger partial charge in [0.25, 0.3) is 8.80 Å². The molecule has 0 saturated carbocycles. The van der Waals surface area contributed by atoms with Crippen molar-refractivity contribution in [2.45, 2.75) is 12.5 Å². The molecule has 0 aliphatic rings. The summed E-state index contributed by atoms with van der Waals surface area (Å²) in [6.07, 6.45) is 3.94. The molecule has 1 aromatic rings. The number of pyridine rings is 1. The minimum absolute atomic E-state index is 0.266. The molecule has 0 aliphatic carbocycles. The van der Waals surface area contributed by atoms with Gasteiger partial charge in [0.1, 0.15) is 0 Å². The number of hydrogen-bond donors (Lipinski definition) is 2. The minimum atomic E-state index is -2.55. The van der Waals surface area contributed by atoms with Crippen LogP contribution < -0.4 is 10.6 Å². The van der Waals surface area contributed by atoms with Crippen LogP contribution in [0, 0.1) is 0 Å². The van der Waals surface area contributed by atoms with Gasteiger partial charge < -0.3 is 23.9 Å². The summed E-state index contributed by atoms with van der Waals surface area (Å²) in [5.74, 6) is 0. The Bertz CT molecular complexity index is 393. The lowest BCUT2D eigenvalue weighted by Gasteiger charge is -2.38. The zero-order chi connectivity index (χ0) is 14.8. The van der Waals surface area contributed by atoms with Crippen molar-refractivity contribution in [2.24, 2.45) is 0 Å². The largest absolute Gasteiger partial charge is 0.527 e. The van der Waals surface area contributed by atoms with Crippen molar-refractivity contribution in [3.8, 4) is 0 Å². The summed E-state index contributed by atoms with van der Waals surface area (Å²) in [5.41, 5.74) is 0.652. The molecule has 0 radical (unpaired) electrons. The summed E-state index contributed by atoms with van der Waals surface area (Å²) >= 11 is 0. The molecule has 2 N–H and O–H groups in total. The van der Waals surface area contributed by atoms with Gasteiger partial charge >= 0.3 is 6.03 Å². The third-order valence-corrected chi connectivity index (χ3v) is 5.63. The first kappa shape index (κ1) is 16.6. The third kappa shape index (κ3) is 5.25. The fourth-order valence-corrected chi connectivity index (χ4v) is 3.40. The van der Waals surface area contributed by atoms with Crippen molar-refractivity contribution in [3.63, 3.8) is 0 Å². The van der Waals surface area contributed by atoms with Crippen molar-refractivity contribution in [1.29, 1.82) is 0 Å². The number of amides is 2. The highest BCUT2D eigenvalue weighted by atomic mass is 28.4. The summed E-state index contributed by atoms with van der Waals surface area (Å²) in [5, 5.41) is 5.44. The van der Waals surface area contributed by atoms with Crippen LogP contribution in [0.2, 0.25) is 6.04 Å². The third-order valence-electron chi connectivity index (χ3n) is 2.80. The van der Waals surface area contributed by atoms with E-state index in [1.165, 1.54) is 0 Å². The Morgan fingerprint density at radius 1 is 1.30 bits per heavy atom. The van der Waals surface area contributed by atoms with Gasteiger partial charge in [-0.3, -0.25) is 4.98 Å². The van der Waals surface area contributed by atoms with Crippen LogP contribution in [0.4, 0.5) is 10.5 Å². The van der Waals surface area contributed by atoms with E-state index in [0.717, 1.165) is 0 Å². The molecule has 0 bridgehead atoms. The minimum Gasteiger partial charge on any atom is -0.527 e. The summed E-state index contributed by atoms with van der Waals surface area (Å²) in [7, 11) is 2.17. The maximum Gasteiger partial charge on any atom is 0.319 e. The van der Waals surface area contributed by atoms with Crippen LogP contribution in [0.1, 0.15) is 6.42 Å². The van der Waals surface area contributed by atoms with Crippen molar-refractivity contribution < 1.29 is 18.1 Å². The number of urea groups is 1. The number of aromatic nitrogens is 1. The second-order valence-electron chi connectivity index (χ2n) is 4.02. The van der Waals surface area contributed by atoms with Crippen molar-refractivity contribution in [2.75, 3.05) is 33.2 Å². The van der Waals surface area contributed by atoms with Gasteiger partial charge in [-0.15, -0.1) is 0 Å². The lowest BCUT2D eigenvalue weighted by atomic mass is 10.4. The zero-order valence-electron chi connectivity index (χ0n) is 12.0. The van der Waals surface area contributed by atoms with E-state index in [1.54, 1.807) is 45.9 Å². The lowest BCUT2D eigenvalue weighted by Crippen LogP contribution is -2.43. The average Bonchev–Trinajstić information content (AvgIpc) is 2.49. The van der Waals surface area contributed by atoms with Crippen molar-refractivity contribution in [1.82, 2.24) is 10.3 Å². The van der Waals surface area contributed by atoms with E-state index >= 15 is 0 Å². The molecule has 0 fully saturated rings. The molecule has 1 heterocycles. The van der Waals surface area contributed by atoms with Gasteiger partial charge in [-0.1, -0.05) is 12.5 Å². The maximum absolute atomic E-state index is 11.6. The summed E-state index contributed by atoms with van der Waals surface area (Å²) in [4.78, 5) is 15.5. The molecule has 0 aromatic carbocycles. The Morgan fingerprint density at radius 3 is 2.55 bits per heavy atom. The fourth-order valence-electron chi connectivity index (χ4n) is 1.67. The Balaban J connectivity index is 2.25. The van der Waals surface area contributed by atoms with E-state index in [9.17, 15) is 4.79 Å². The number of anilines is 1. The van der Waals surface area contributed by atoms with Gasteiger partial charge in [0.15, 0.2) is 0 Å². The fraction of sp³-hybridized carbons (Fsp3) is 0.500. The molecule has 0 spiro atoms. The number of hydrogen-bond acceptors (Lipinski definition) is 5. The Morgan fingerprint density at radius 2 is 2.00 bits per heavy atom. The highest BCUT2D eigenvalue weighted by molar-refractivity contribution is 6.60. The molecule has 1 rings (SSSR count). The average molecular weight is 299 g/mol. The van der Waals surface area contributed by atoms with Crippen LogP contribution in [-0.4, -0.2) is 47.7 Å². The van der Waals surface area contributed by atoms with E-state index < -0.39 is 8.80 Å². The molecule has 1 aromatic heterocycles. The molecule has 0 aliphatic heterocycles. The quantitative estimate of drug-likeness (QED) is 0.561. The molecule has 8 heteroatoms. The first-order valence-corrected chi connectivity index (χ1v) is 8.19. The SMILES string of the molecule is CO[Si-](CCCNC(=O)Nc1cccnc1)(OC)OC. The smallest absolute Gasteiger partial charge is 0.319 e. The van der Waals surface area contributed by atoms with Crippen LogP contribution in [0.5, 0.6) is 0 Å². The second kappa shape index (κ2) is 8.64. The van der Waals surface area contributed by atoms with Gasteiger partial charge in [-0.2, -0.15) is 0 Å². The molecular weight excluding hydrogens is 278 g/mol. The summed E-state index contributed by atoms with van der Waals surface area (Å²) in [6.45, 7) is 0.511. The van der Waals surface area contributed by atoms with Gasteiger partial charge in [0.2, 0.25) is 0 Å². The molecule has 113 valence electrons. The zero-order valence-corrected chi connectivity index (χ0v) is 13.0. The van der Waals surface area contributed by atoms with Crippen molar-refractivity contribution in [3.05, 3.63) is 24.5 Å². The first-order valence-electron chi connectivity index (χ1n) is 6.26. The van der Waals surface area contributed by atoms with Gasteiger partial charge in [-0.05, 0) is 33.5 Å². The second-order valence-corrected chi connectivity index (χ2v) is 7.11. The Hall–Kier alpha value is -1.48. The topological polar surface area (TPSA) is 81.7 Å². The standard InChI is InChI=1S/C12H21N3O4Si/c1-17-20(18-2,19-3)9-5-8-14-12(16)15-11-6-4-7-13-10-11/h4,6-7,10H,5,8-9H2,1-3H3,(H2,14,15,16)/q-1. The maximum atomic E-state index is 11.6. The van der Waals surface area contributed by atoms with E-state index in [2.05, 4.69) is 15.6 Å². The first-order chi connectivity index (χ1) is 9.65. The highest BCUT2D eigenvalue weighted by Crippen LogP contribution is 2.14. The number of nitrogens with one attached hydrogen (secondary N) is 2. The number of nitrogens with zero attached hydrogens (tertiary/aromatic N) is 1. The molecule has 20 heavy (non-hydrogen) atoms. The molecule has 7 nitrogen and oxygen atoms in total.